The minimum Gasteiger partial charge on any atom is -0.464 e. The summed E-state index contributed by atoms with van der Waals surface area (Å²) in [5.41, 5.74) is 5.43. The number of esters is 1. The number of anilines is 1. The number of nitrogens with zero attached hydrogens (tertiary/aromatic N) is 5. The molecule has 6 heterocycles. The fourth-order valence-corrected chi connectivity index (χ4v) is 9.22. The number of likely N-dealkylation sites (tertiary alicyclic amines) is 1. The normalized spacial score (nSPS) is 23.1. The number of hydrogen-bond acceptors (Lipinski definition) is 11. The number of benzene rings is 1. The van der Waals surface area contributed by atoms with Gasteiger partial charge >= 0.3 is 12.1 Å². The molecule has 3 aromatic rings. The van der Waals surface area contributed by atoms with E-state index in [-0.39, 0.29) is 63.0 Å². The van der Waals surface area contributed by atoms with Gasteiger partial charge < -0.3 is 38.6 Å². The van der Waals surface area contributed by atoms with E-state index in [2.05, 4.69) is 27.2 Å². The predicted octanol–water partition coefficient (Wildman–Crippen LogP) is 5.36. The van der Waals surface area contributed by atoms with E-state index in [4.69, 9.17) is 18.9 Å². The zero-order valence-corrected chi connectivity index (χ0v) is 38.1. The van der Waals surface area contributed by atoms with Crippen molar-refractivity contribution in [2.45, 2.75) is 103 Å². The molecule has 15 nitrogen and oxygen atoms in total. The van der Waals surface area contributed by atoms with Gasteiger partial charge in [-0.1, -0.05) is 34.3 Å². The van der Waals surface area contributed by atoms with Crippen molar-refractivity contribution in [2.75, 3.05) is 64.6 Å². The number of fused-ring (bicyclic) bond motifs is 6. The van der Waals surface area contributed by atoms with Crippen molar-refractivity contribution in [1.29, 1.82) is 0 Å². The number of hydrogen-bond donors (Lipinski definition) is 2. The van der Waals surface area contributed by atoms with Gasteiger partial charge in [0.05, 0.1) is 55.4 Å². The summed E-state index contributed by atoms with van der Waals surface area (Å²) in [6.07, 6.45) is -1.83. The summed E-state index contributed by atoms with van der Waals surface area (Å²) < 4.78 is 69.3. The molecule has 0 aliphatic carbocycles. The Labute approximate surface area is 377 Å². The lowest BCUT2D eigenvalue weighted by atomic mass is 9.84. The third-order valence-electron chi connectivity index (χ3n) is 12.9. The fourth-order valence-electron chi connectivity index (χ4n) is 9.22. The van der Waals surface area contributed by atoms with E-state index in [1.165, 1.54) is 22.8 Å². The first kappa shape index (κ1) is 47.9. The Kier molecular flexibility index (Phi) is 14.6. The number of pyridine rings is 1. The molecule has 4 aliphatic rings. The zero-order valence-electron chi connectivity index (χ0n) is 38.1. The van der Waals surface area contributed by atoms with Gasteiger partial charge in [-0.3, -0.25) is 29.2 Å². The topological polar surface area (TPSA) is 157 Å². The van der Waals surface area contributed by atoms with Gasteiger partial charge in [-0.25, -0.2) is 5.43 Å². The number of alkyl halides is 3. The van der Waals surface area contributed by atoms with Crippen molar-refractivity contribution < 1.29 is 51.3 Å². The van der Waals surface area contributed by atoms with E-state index in [1.54, 1.807) is 36.2 Å². The lowest BCUT2D eigenvalue weighted by Crippen LogP contribution is -2.61. The van der Waals surface area contributed by atoms with Crippen LogP contribution in [0.2, 0.25) is 0 Å². The Morgan fingerprint density at radius 2 is 1.89 bits per heavy atom. The van der Waals surface area contributed by atoms with Crippen LogP contribution in [0.25, 0.3) is 22.2 Å². The van der Waals surface area contributed by atoms with Crippen molar-refractivity contribution in [3.05, 3.63) is 60.4 Å². The third-order valence-corrected chi connectivity index (χ3v) is 12.9. The van der Waals surface area contributed by atoms with Gasteiger partial charge in [0.15, 0.2) is 0 Å². The van der Waals surface area contributed by atoms with Crippen molar-refractivity contribution in [3.8, 4) is 11.3 Å². The molecule has 3 fully saturated rings. The number of carbonyl (C=O) groups excluding carboxylic acids is 4. The Morgan fingerprint density at radius 1 is 1.12 bits per heavy atom. The fraction of sp³-hybridized carbons (Fsp3) is 0.596. The number of carbonyl (C=O) groups is 4. The molecule has 2 N–H and O–H groups in total. The number of amides is 3. The Morgan fingerprint density at radius 3 is 2.60 bits per heavy atom. The molecule has 6 bridgehead atoms. The van der Waals surface area contributed by atoms with Crippen LogP contribution in [-0.2, 0) is 51.1 Å². The maximum Gasteiger partial charge on any atom is 0.406 e. The smallest absolute Gasteiger partial charge is 0.406 e. The molecule has 0 radical (unpaired) electrons. The Bertz CT molecular complexity index is 2240. The summed E-state index contributed by atoms with van der Waals surface area (Å²) in [5.74, 6) is -2.35. The number of hydrazine groups is 1. The largest absolute Gasteiger partial charge is 0.464 e. The number of rotatable bonds is 11. The molecule has 1 unspecified atom stereocenters. The SMILES string of the molecule is C=CC(=O)N1CC(OC[C@H](C(=O)N[C@H]2C[C@H]3CN(CCO3)c3ccc4c(c3)c(c(-c3cccnc3C(C)OC)n4CC(F)(F)F)CC(C)(C)COC(=O)[C@@H]3CCCN(N3)C2=O)C(C)C)C1. The number of morpholine rings is 1. The molecule has 0 saturated carbocycles. The van der Waals surface area contributed by atoms with Crippen molar-refractivity contribution in [1.82, 2.24) is 30.2 Å². The van der Waals surface area contributed by atoms with Crippen LogP contribution in [0.15, 0.2) is 49.2 Å². The maximum absolute atomic E-state index is 14.6. The van der Waals surface area contributed by atoms with Gasteiger partial charge in [0.2, 0.25) is 11.8 Å². The van der Waals surface area contributed by atoms with Gasteiger partial charge in [-0.15, -0.1) is 0 Å². The van der Waals surface area contributed by atoms with Crippen molar-refractivity contribution >= 4 is 40.3 Å². The lowest BCUT2D eigenvalue weighted by molar-refractivity contribution is -0.156. The average Bonchev–Trinajstić information content (AvgIpc) is 3.54. The Balaban J connectivity index is 1.26. The molecule has 0 spiro atoms. The van der Waals surface area contributed by atoms with Crippen LogP contribution in [0.5, 0.6) is 0 Å². The first-order valence-corrected chi connectivity index (χ1v) is 22.5. The highest BCUT2D eigenvalue weighted by atomic mass is 19.4. The molecule has 18 heteroatoms. The molecular formula is C47H62F3N7O8. The second kappa shape index (κ2) is 19.8. The van der Waals surface area contributed by atoms with E-state index in [1.807, 2.05) is 39.8 Å². The number of methoxy groups -OCH3 is 1. The molecule has 4 aliphatic heterocycles. The predicted molar refractivity (Wildman–Crippen MR) is 236 cm³/mol. The minimum atomic E-state index is -4.57. The first-order valence-electron chi connectivity index (χ1n) is 22.5. The lowest BCUT2D eigenvalue weighted by Gasteiger charge is -2.40. The highest BCUT2D eigenvalue weighted by Crippen LogP contribution is 2.43. The molecular weight excluding hydrogens is 848 g/mol. The third kappa shape index (κ3) is 11.0. The van der Waals surface area contributed by atoms with Crippen LogP contribution >= 0.6 is 0 Å². The Hall–Kier alpha value is -5.04. The van der Waals surface area contributed by atoms with Gasteiger partial charge in [0.25, 0.3) is 5.91 Å². The van der Waals surface area contributed by atoms with Crippen LogP contribution in [-0.4, -0.2) is 133 Å². The van der Waals surface area contributed by atoms with Crippen LogP contribution in [0.4, 0.5) is 18.9 Å². The summed E-state index contributed by atoms with van der Waals surface area (Å²) in [4.78, 5) is 62.8. The molecule has 3 amide bonds. The van der Waals surface area contributed by atoms with Crippen LogP contribution < -0.4 is 15.6 Å². The van der Waals surface area contributed by atoms with Crippen LogP contribution in [0, 0.1) is 17.3 Å². The number of nitrogens with one attached hydrogen (secondary N) is 2. The zero-order chi connectivity index (χ0) is 46.8. The van der Waals surface area contributed by atoms with Crippen LogP contribution in [0.3, 0.4) is 0 Å². The van der Waals surface area contributed by atoms with Crippen molar-refractivity contribution in [3.63, 3.8) is 0 Å². The number of aromatic nitrogens is 2. The van der Waals surface area contributed by atoms with Gasteiger partial charge in [0, 0.05) is 80.0 Å². The summed E-state index contributed by atoms with van der Waals surface area (Å²) in [5, 5.41) is 5.02. The van der Waals surface area contributed by atoms with E-state index in [0.29, 0.717) is 72.4 Å². The summed E-state index contributed by atoms with van der Waals surface area (Å²) in [6, 6.07) is 6.98. The van der Waals surface area contributed by atoms with Crippen molar-refractivity contribution in [2.24, 2.45) is 17.3 Å². The summed E-state index contributed by atoms with van der Waals surface area (Å²) in [6.45, 7) is 13.9. The highest BCUT2D eigenvalue weighted by Gasteiger charge is 2.40. The second-order valence-electron chi connectivity index (χ2n) is 18.8. The maximum atomic E-state index is 14.6. The molecule has 1 aromatic carbocycles. The van der Waals surface area contributed by atoms with Gasteiger partial charge in [0.1, 0.15) is 18.6 Å². The highest BCUT2D eigenvalue weighted by molar-refractivity contribution is 5.95. The standard InChI is InChI=1S/C47H62F3N7O8/c1-8-40(58)55-23-32(24-55)64-25-36(28(2)3)43(59)52-38-20-31-22-54(17-18-63-31)30-13-14-39-34(19-30)35(21-46(5,6)27-65-45(61)37-12-10-16-57(53-37)44(38)60)42(56(39)26-47(48,49)50)33-11-9-15-51-41(33)29(4)62-7/h8-9,11,13-15,19,28-29,31-32,36-38,53H,1,10,12,16-18,20-27H2,2-7H3,(H,52,59)/t29?,31-,36-,37-,38-/m0/s1. The van der Waals surface area contributed by atoms with E-state index in [9.17, 15) is 32.3 Å². The quantitative estimate of drug-likeness (QED) is 0.189. The van der Waals surface area contributed by atoms with E-state index in [0.717, 1.165) is 5.69 Å². The van der Waals surface area contributed by atoms with Crippen LogP contribution in [0.1, 0.15) is 71.2 Å². The van der Waals surface area contributed by atoms with Gasteiger partial charge in [-0.2, -0.15) is 13.2 Å². The molecule has 2 aromatic heterocycles. The average molecular weight is 910 g/mol. The molecule has 65 heavy (non-hydrogen) atoms. The first-order chi connectivity index (χ1) is 30.9. The van der Waals surface area contributed by atoms with Gasteiger partial charge in [-0.05, 0) is 74.1 Å². The monoisotopic (exact) mass is 909 g/mol. The van der Waals surface area contributed by atoms with E-state index < -0.39 is 60.2 Å². The minimum absolute atomic E-state index is 0.0661. The number of ether oxygens (including phenoxy) is 4. The summed E-state index contributed by atoms with van der Waals surface area (Å²) in [7, 11) is 1.53. The second-order valence-corrected chi connectivity index (χ2v) is 18.8. The molecule has 7 rings (SSSR count). The molecule has 3 saturated heterocycles. The van der Waals surface area contributed by atoms with E-state index >= 15 is 0 Å². The summed E-state index contributed by atoms with van der Waals surface area (Å²) >= 11 is 0. The number of halogens is 3. The number of cyclic esters (lactones) is 1. The molecule has 5 atom stereocenters. The molecule has 354 valence electrons.